The lowest BCUT2D eigenvalue weighted by atomic mass is 9.72. The number of rotatable bonds is 3. The van der Waals surface area contributed by atoms with Crippen LogP contribution in [0.1, 0.15) is 18.1 Å². The Hall–Kier alpha value is -2.14. The van der Waals surface area contributed by atoms with Gasteiger partial charge in [-0.05, 0) is 19.4 Å². The van der Waals surface area contributed by atoms with Gasteiger partial charge in [0.15, 0.2) is 0 Å². The second kappa shape index (κ2) is 4.45. The predicted octanol–water partition coefficient (Wildman–Crippen LogP) is 1.75. The summed E-state index contributed by atoms with van der Waals surface area (Å²) in [5.41, 5.74) is 0.555. The fourth-order valence-electron chi connectivity index (χ4n) is 4.27. The van der Waals surface area contributed by atoms with Gasteiger partial charge in [0.2, 0.25) is 5.91 Å². The van der Waals surface area contributed by atoms with Gasteiger partial charge in [0.25, 0.3) is 0 Å². The largest absolute Gasteiger partial charge is 0.481 e. The molecule has 3 heterocycles. The Balaban J connectivity index is 1.64. The number of aliphatic carboxylic acids is 1. The van der Waals surface area contributed by atoms with Crippen LogP contribution in [0.2, 0.25) is 0 Å². The molecule has 2 fully saturated rings. The lowest BCUT2D eigenvalue weighted by molar-refractivity contribution is -0.151. The first-order valence-corrected chi connectivity index (χ1v) is 7.82. The van der Waals surface area contributed by atoms with Crippen molar-refractivity contribution in [2.24, 2.45) is 11.8 Å². The highest BCUT2D eigenvalue weighted by molar-refractivity contribution is 5.91. The van der Waals surface area contributed by atoms with Gasteiger partial charge in [-0.15, -0.1) is 0 Å². The fourth-order valence-corrected chi connectivity index (χ4v) is 4.27. The highest BCUT2D eigenvalue weighted by Gasteiger charge is 2.71. The predicted molar refractivity (Wildman–Crippen MR) is 82.6 cm³/mol. The number of fused-ring (bicyclic) bond motifs is 1. The van der Waals surface area contributed by atoms with Crippen molar-refractivity contribution in [3.8, 4) is 0 Å². The van der Waals surface area contributed by atoms with E-state index in [0.717, 1.165) is 5.56 Å². The van der Waals surface area contributed by atoms with Crippen molar-refractivity contribution in [2.45, 2.75) is 31.6 Å². The van der Waals surface area contributed by atoms with Gasteiger partial charge in [-0.25, -0.2) is 0 Å². The lowest BCUT2D eigenvalue weighted by Crippen LogP contribution is -2.43. The average molecular weight is 313 g/mol. The Morgan fingerprint density at radius 1 is 1.35 bits per heavy atom. The molecule has 1 aromatic carbocycles. The maximum absolute atomic E-state index is 12.8. The monoisotopic (exact) mass is 313 g/mol. The van der Waals surface area contributed by atoms with Gasteiger partial charge in [-0.3, -0.25) is 9.59 Å². The van der Waals surface area contributed by atoms with Gasteiger partial charge in [-0.1, -0.05) is 42.0 Å². The zero-order chi connectivity index (χ0) is 16.4. The van der Waals surface area contributed by atoms with E-state index in [9.17, 15) is 14.7 Å². The first-order chi connectivity index (χ1) is 10.8. The molecule has 2 bridgehead atoms. The van der Waals surface area contributed by atoms with E-state index in [4.69, 9.17) is 4.74 Å². The second-order valence-corrected chi connectivity index (χ2v) is 7.05. The third kappa shape index (κ3) is 1.89. The quantitative estimate of drug-likeness (QED) is 0.863. The molecular weight excluding hydrogens is 294 g/mol. The number of hydrogen-bond acceptors (Lipinski definition) is 3. The molecule has 0 unspecified atom stereocenters. The normalized spacial score (nSPS) is 37.5. The molecule has 2 saturated heterocycles. The fraction of sp³-hybridized carbons (Fsp3) is 0.444. The lowest BCUT2D eigenvalue weighted by Gasteiger charge is -2.27. The van der Waals surface area contributed by atoms with Crippen LogP contribution in [0.5, 0.6) is 0 Å². The van der Waals surface area contributed by atoms with Crippen molar-refractivity contribution in [1.29, 1.82) is 0 Å². The molecule has 23 heavy (non-hydrogen) atoms. The highest BCUT2D eigenvalue weighted by Crippen LogP contribution is 2.57. The molecule has 1 amide bonds. The van der Waals surface area contributed by atoms with Crippen LogP contribution < -0.4 is 0 Å². The van der Waals surface area contributed by atoms with Crippen LogP contribution >= 0.6 is 0 Å². The van der Waals surface area contributed by atoms with Crippen LogP contribution in [-0.4, -0.2) is 39.6 Å². The molecule has 1 N–H and O–H groups in total. The zero-order valence-corrected chi connectivity index (χ0v) is 13.2. The summed E-state index contributed by atoms with van der Waals surface area (Å²) in [6.45, 7) is 4.68. The minimum absolute atomic E-state index is 0.119. The molecule has 5 heteroatoms. The van der Waals surface area contributed by atoms with Crippen LogP contribution in [-0.2, 0) is 20.9 Å². The Labute approximate surface area is 134 Å². The number of ether oxygens (including phenoxy) is 1. The van der Waals surface area contributed by atoms with Crippen molar-refractivity contribution in [3.05, 3.63) is 47.5 Å². The van der Waals surface area contributed by atoms with Crippen molar-refractivity contribution < 1.29 is 19.4 Å². The molecule has 0 aliphatic carbocycles. The van der Waals surface area contributed by atoms with Crippen molar-refractivity contribution in [3.63, 3.8) is 0 Å². The first kappa shape index (κ1) is 14.5. The Kier molecular flexibility index (Phi) is 2.79. The van der Waals surface area contributed by atoms with Crippen LogP contribution in [0.4, 0.5) is 0 Å². The number of carboxylic acids is 1. The van der Waals surface area contributed by atoms with Gasteiger partial charge in [-0.2, -0.15) is 0 Å². The molecule has 3 aliphatic rings. The average Bonchev–Trinajstić information content (AvgIpc) is 3.04. The summed E-state index contributed by atoms with van der Waals surface area (Å²) in [4.78, 5) is 26.3. The number of carboxylic acid groups (broad SMARTS) is 1. The number of benzene rings is 1. The smallest absolute Gasteiger partial charge is 0.310 e. The van der Waals surface area contributed by atoms with Crippen molar-refractivity contribution in [2.75, 3.05) is 6.54 Å². The molecular formula is C18H19NO4. The van der Waals surface area contributed by atoms with E-state index >= 15 is 0 Å². The zero-order valence-electron chi connectivity index (χ0n) is 13.2. The molecule has 4 rings (SSSR count). The van der Waals surface area contributed by atoms with Gasteiger partial charge in [0, 0.05) is 6.54 Å². The van der Waals surface area contributed by atoms with E-state index in [1.165, 1.54) is 5.56 Å². The number of aryl methyl sites for hydroxylation is 1. The highest BCUT2D eigenvalue weighted by atomic mass is 16.5. The van der Waals surface area contributed by atoms with Gasteiger partial charge in [0.1, 0.15) is 11.5 Å². The summed E-state index contributed by atoms with van der Waals surface area (Å²) in [6, 6.07) is 8.02. The molecule has 3 aliphatic heterocycles. The maximum Gasteiger partial charge on any atom is 0.310 e. The summed E-state index contributed by atoms with van der Waals surface area (Å²) < 4.78 is 6.05. The Bertz CT molecular complexity index is 725. The number of carbonyl (C=O) groups is 2. The molecule has 120 valence electrons. The molecule has 5 nitrogen and oxygen atoms in total. The minimum atomic E-state index is -0.964. The number of amides is 1. The molecule has 0 radical (unpaired) electrons. The van der Waals surface area contributed by atoms with Gasteiger partial charge >= 0.3 is 5.97 Å². The van der Waals surface area contributed by atoms with Crippen molar-refractivity contribution >= 4 is 11.9 Å². The summed E-state index contributed by atoms with van der Waals surface area (Å²) in [7, 11) is 0. The summed E-state index contributed by atoms with van der Waals surface area (Å²) in [5.74, 6) is -2.52. The van der Waals surface area contributed by atoms with E-state index in [0.29, 0.717) is 13.1 Å². The summed E-state index contributed by atoms with van der Waals surface area (Å²) in [5, 5.41) is 9.58. The van der Waals surface area contributed by atoms with Crippen molar-refractivity contribution in [1.82, 2.24) is 4.90 Å². The van der Waals surface area contributed by atoms with E-state index in [1.807, 2.05) is 43.3 Å². The number of carbonyl (C=O) groups excluding carboxylic acids is 1. The third-order valence-corrected chi connectivity index (χ3v) is 5.36. The third-order valence-electron chi connectivity index (χ3n) is 5.36. The standard InChI is InChI=1S/C18H19NO4/c1-11-3-5-12(6-4-11)9-19-10-18-8-7-17(2,23-18)14(16(21)22)13(18)15(19)20/h3-8,13-14H,9-10H2,1-2H3,(H,21,22)/t13-,14+,17-,18+/m1/s1. The summed E-state index contributed by atoms with van der Waals surface area (Å²) in [6.07, 6.45) is 3.70. The number of nitrogens with zero attached hydrogens (tertiary/aromatic N) is 1. The Morgan fingerprint density at radius 3 is 2.70 bits per heavy atom. The molecule has 4 atom stereocenters. The maximum atomic E-state index is 12.8. The van der Waals surface area contributed by atoms with Gasteiger partial charge in [0.05, 0.1) is 18.1 Å². The first-order valence-electron chi connectivity index (χ1n) is 7.82. The van der Waals surface area contributed by atoms with E-state index in [2.05, 4.69) is 0 Å². The molecule has 1 aromatic rings. The second-order valence-electron chi connectivity index (χ2n) is 7.05. The van der Waals surface area contributed by atoms with Gasteiger partial charge < -0.3 is 14.7 Å². The molecule has 0 aromatic heterocycles. The number of hydrogen-bond donors (Lipinski definition) is 1. The summed E-state index contributed by atoms with van der Waals surface area (Å²) >= 11 is 0. The molecule has 1 spiro atoms. The molecule has 0 saturated carbocycles. The number of likely N-dealkylation sites (tertiary alicyclic amines) is 1. The SMILES string of the molecule is Cc1ccc(CN2C[C@]34C=C[C@@](C)(O3)[C@H](C(=O)O)[C@@H]4C2=O)cc1. The van der Waals surface area contributed by atoms with Crippen LogP contribution in [0.25, 0.3) is 0 Å². The topological polar surface area (TPSA) is 66.8 Å². The minimum Gasteiger partial charge on any atom is -0.481 e. The Morgan fingerprint density at radius 2 is 2.04 bits per heavy atom. The van der Waals surface area contributed by atoms with Crippen LogP contribution in [0.3, 0.4) is 0 Å². The van der Waals surface area contributed by atoms with E-state index < -0.39 is 29.0 Å². The van der Waals surface area contributed by atoms with E-state index in [-0.39, 0.29) is 5.91 Å². The van der Waals surface area contributed by atoms with Crippen LogP contribution in [0.15, 0.2) is 36.4 Å². The van der Waals surface area contributed by atoms with E-state index in [1.54, 1.807) is 11.8 Å². The van der Waals surface area contributed by atoms with Crippen LogP contribution in [0, 0.1) is 18.8 Å².